The second kappa shape index (κ2) is 3.66. The maximum absolute atomic E-state index is 12.8. The quantitative estimate of drug-likeness (QED) is 0.805. The minimum Gasteiger partial charge on any atom is -0.350 e. The van der Waals surface area contributed by atoms with E-state index in [2.05, 4.69) is 25.9 Å². The summed E-state index contributed by atoms with van der Waals surface area (Å²) in [5, 5.41) is 0.962. The Morgan fingerprint density at radius 3 is 2.88 bits per heavy atom. The maximum Gasteiger partial charge on any atom is 0.140 e. The molecule has 0 N–H and O–H groups in total. The third-order valence-electron chi connectivity index (χ3n) is 2.71. The number of alkyl halides is 1. The molecule has 2 heterocycles. The van der Waals surface area contributed by atoms with Crippen molar-refractivity contribution in [1.82, 2.24) is 9.97 Å². The summed E-state index contributed by atoms with van der Waals surface area (Å²) in [6, 6.07) is 5.83. The van der Waals surface area contributed by atoms with Crippen LogP contribution in [0.1, 0.15) is 0 Å². The minimum atomic E-state index is -0.725. The van der Waals surface area contributed by atoms with Gasteiger partial charge in [0.2, 0.25) is 0 Å². The lowest BCUT2D eigenvalue weighted by atomic mass is 10.1. The lowest BCUT2D eigenvalue weighted by Gasteiger charge is -2.35. The molecule has 1 aromatic carbocycles. The van der Waals surface area contributed by atoms with E-state index in [-0.39, 0.29) is 0 Å². The number of hydrogen-bond donors (Lipinski definition) is 0. The molecular weight excluding hydrogens is 273 g/mol. The van der Waals surface area contributed by atoms with Crippen LogP contribution in [0.5, 0.6) is 0 Å². The van der Waals surface area contributed by atoms with Crippen LogP contribution in [0.4, 0.5) is 10.2 Å². The molecule has 3 rings (SSSR count). The van der Waals surface area contributed by atoms with Crippen LogP contribution in [0, 0.1) is 0 Å². The summed E-state index contributed by atoms with van der Waals surface area (Å²) in [6.45, 7) is 0.858. The predicted molar refractivity (Wildman–Crippen MR) is 64.3 cm³/mol. The SMILES string of the molecule is FC1CN(c2ncnc3ccc(Br)cc23)C1. The fourth-order valence-electron chi connectivity index (χ4n) is 1.86. The van der Waals surface area contributed by atoms with Crippen molar-refractivity contribution in [1.29, 1.82) is 0 Å². The van der Waals surface area contributed by atoms with E-state index in [1.165, 1.54) is 6.33 Å². The number of halogens is 2. The van der Waals surface area contributed by atoms with Crippen LogP contribution in [0.25, 0.3) is 10.9 Å². The standard InChI is InChI=1S/C11H9BrFN3/c12-7-1-2-10-9(3-7)11(15-6-14-10)16-4-8(13)5-16/h1-3,6,8H,4-5H2. The fraction of sp³-hybridized carbons (Fsp3) is 0.273. The molecule has 0 atom stereocenters. The average Bonchev–Trinajstić information content (AvgIpc) is 2.24. The van der Waals surface area contributed by atoms with E-state index in [9.17, 15) is 4.39 Å². The van der Waals surface area contributed by atoms with Crippen LogP contribution < -0.4 is 4.90 Å². The molecule has 2 aromatic rings. The number of aromatic nitrogens is 2. The maximum atomic E-state index is 12.8. The molecule has 1 aliphatic rings. The summed E-state index contributed by atoms with van der Waals surface area (Å²) in [4.78, 5) is 10.4. The smallest absolute Gasteiger partial charge is 0.140 e. The molecular formula is C11H9BrFN3. The van der Waals surface area contributed by atoms with E-state index in [1.807, 2.05) is 23.1 Å². The summed E-state index contributed by atoms with van der Waals surface area (Å²) in [7, 11) is 0. The molecule has 1 fully saturated rings. The molecule has 1 saturated heterocycles. The van der Waals surface area contributed by atoms with Gasteiger partial charge < -0.3 is 4.90 Å². The molecule has 0 spiro atoms. The second-order valence-electron chi connectivity index (χ2n) is 3.86. The first-order valence-electron chi connectivity index (χ1n) is 5.03. The summed E-state index contributed by atoms with van der Waals surface area (Å²) in [5.74, 6) is 0.820. The third-order valence-corrected chi connectivity index (χ3v) is 3.21. The van der Waals surface area contributed by atoms with Gasteiger partial charge in [-0.3, -0.25) is 0 Å². The van der Waals surface area contributed by atoms with Gasteiger partial charge in [0.1, 0.15) is 18.3 Å². The predicted octanol–water partition coefficient (Wildman–Crippen LogP) is 2.55. The highest BCUT2D eigenvalue weighted by Crippen LogP contribution is 2.29. The fourth-order valence-corrected chi connectivity index (χ4v) is 2.23. The molecule has 0 radical (unpaired) electrons. The summed E-state index contributed by atoms with van der Waals surface area (Å²) in [5.41, 5.74) is 0.885. The Morgan fingerprint density at radius 2 is 2.12 bits per heavy atom. The van der Waals surface area contributed by atoms with Crippen molar-refractivity contribution in [3.05, 3.63) is 29.0 Å². The van der Waals surface area contributed by atoms with E-state index in [0.29, 0.717) is 13.1 Å². The molecule has 82 valence electrons. The largest absolute Gasteiger partial charge is 0.350 e. The van der Waals surface area contributed by atoms with Gasteiger partial charge in [-0.1, -0.05) is 15.9 Å². The van der Waals surface area contributed by atoms with Gasteiger partial charge in [0.15, 0.2) is 0 Å². The van der Waals surface area contributed by atoms with Crippen molar-refractivity contribution in [3.63, 3.8) is 0 Å². The molecule has 0 unspecified atom stereocenters. The minimum absolute atomic E-state index is 0.429. The van der Waals surface area contributed by atoms with Gasteiger partial charge >= 0.3 is 0 Å². The molecule has 16 heavy (non-hydrogen) atoms. The summed E-state index contributed by atoms with van der Waals surface area (Å²) < 4.78 is 13.8. The first-order valence-corrected chi connectivity index (χ1v) is 5.82. The van der Waals surface area contributed by atoms with E-state index in [1.54, 1.807) is 0 Å². The highest BCUT2D eigenvalue weighted by atomic mass is 79.9. The highest BCUT2D eigenvalue weighted by Gasteiger charge is 2.28. The van der Waals surface area contributed by atoms with Crippen LogP contribution in [-0.4, -0.2) is 29.2 Å². The van der Waals surface area contributed by atoms with Gasteiger partial charge in [-0.15, -0.1) is 0 Å². The first kappa shape index (κ1) is 9.96. The normalized spacial score (nSPS) is 16.5. The van der Waals surface area contributed by atoms with E-state index in [0.717, 1.165) is 21.2 Å². The number of fused-ring (bicyclic) bond motifs is 1. The van der Waals surface area contributed by atoms with Gasteiger partial charge in [0.25, 0.3) is 0 Å². The van der Waals surface area contributed by atoms with Crippen LogP contribution in [-0.2, 0) is 0 Å². The number of nitrogens with zero attached hydrogens (tertiary/aromatic N) is 3. The Bertz CT molecular complexity index is 540. The van der Waals surface area contributed by atoms with Gasteiger partial charge in [0, 0.05) is 9.86 Å². The highest BCUT2D eigenvalue weighted by molar-refractivity contribution is 9.10. The Morgan fingerprint density at radius 1 is 1.31 bits per heavy atom. The average molecular weight is 282 g/mol. The van der Waals surface area contributed by atoms with Gasteiger partial charge in [-0.05, 0) is 18.2 Å². The first-order chi connectivity index (χ1) is 7.74. The summed E-state index contributed by atoms with van der Waals surface area (Å²) in [6.07, 6.45) is 0.800. The number of rotatable bonds is 1. The lowest BCUT2D eigenvalue weighted by Crippen LogP contribution is -2.48. The Labute approximate surface area is 100 Å². The van der Waals surface area contributed by atoms with Crippen molar-refractivity contribution in [2.24, 2.45) is 0 Å². The molecule has 3 nitrogen and oxygen atoms in total. The Kier molecular flexibility index (Phi) is 2.28. The molecule has 1 aliphatic heterocycles. The van der Waals surface area contributed by atoms with Crippen molar-refractivity contribution in [2.45, 2.75) is 6.17 Å². The molecule has 0 bridgehead atoms. The number of benzene rings is 1. The number of anilines is 1. The third kappa shape index (κ3) is 1.55. The Balaban J connectivity index is 2.13. The molecule has 0 saturated carbocycles. The van der Waals surface area contributed by atoms with Crippen LogP contribution in [0.2, 0.25) is 0 Å². The van der Waals surface area contributed by atoms with Gasteiger partial charge in [-0.25, -0.2) is 14.4 Å². The van der Waals surface area contributed by atoms with Gasteiger partial charge in [0.05, 0.1) is 18.6 Å². The monoisotopic (exact) mass is 281 g/mol. The Hall–Kier alpha value is -1.23. The van der Waals surface area contributed by atoms with Crippen LogP contribution >= 0.6 is 15.9 Å². The topological polar surface area (TPSA) is 29.0 Å². The second-order valence-corrected chi connectivity index (χ2v) is 4.78. The van der Waals surface area contributed by atoms with E-state index >= 15 is 0 Å². The van der Waals surface area contributed by atoms with Crippen molar-refractivity contribution in [2.75, 3.05) is 18.0 Å². The van der Waals surface area contributed by atoms with E-state index in [4.69, 9.17) is 0 Å². The van der Waals surface area contributed by atoms with Crippen molar-refractivity contribution in [3.8, 4) is 0 Å². The molecule has 5 heteroatoms. The lowest BCUT2D eigenvalue weighted by molar-refractivity contribution is 0.274. The molecule has 0 amide bonds. The van der Waals surface area contributed by atoms with E-state index < -0.39 is 6.17 Å². The zero-order valence-electron chi connectivity index (χ0n) is 8.40. The van der Waals surface area contributed by atoms with Crippen molar-refractivity contribution < 1.29 is 4.39 Å². The zero-order chi connectivity index (χ0) is 11.1. The van der Waals surface area contributed by atoms with Crippen molar-refractivity contribution >= 4 is 32.7 Å². The molecule has 0 aliphatic carbocycles. The van der Waals surface area contributed by atoms with Gasteiger partial charge in [-0.2, -0.15) is 0 Å². The van der Waals surface area contributed by atoms with Crippen LogP contribution in [0.3, 0.4) is 0 Å². The molecule has 1 aromatic heterocycles. The number of hydrogen-bond acceptors (Lipinski definition) is 3. The summed E-state index contributed by atoms with van der Waals surface area (Å²) >= 11 is 3.42. The zero-order valence-corrected chi connectivity index (χ0v) is 9.98. The van der Waals surface area contributed by atoms with Crippen LogP contribution in [0.15, 0.2) is 29.0 Å².